The molecule has 0 radical (unpaired) electrons. The van der Waals surface area contributed by atoms with E-state index in [1.165, 1.54) is 12.1 Å². The SMILES string of the molecule is NC[C@@H](c1ccc(F)cc1)[C@H]1CCCC[C@H]1O. The Balaban J connectivity index is 2.17. The third-order valence-electron chi connectivity index (χ3n) is 3.85. The largest absolute Gasteiger partial charge is 0.393 e. The normalized spacial score (nSPS) is 26.8. The van der Waals surface area contributed by atoms with Crippen molar-refractivity contribution in [2.75, 3.05) is 6.54 Å². The predicted octanol–water partition coefficient (Wildman–Crippen LogP) is 2.42. The predicted molar refractivity (Wildman–Crippen MR) is 66.2 cm³/mol. The lowest BCUT2D eigenvalue weighted by Gasteiger charge is -2.34. The van der Waals surface area contributed by atoms with E-state index >= 15 is 0 Å². The Morgan fingerprint density at radius 3 is 2.47 bits per heavy atom. The third kappa shape index (κ3) is 2.85. The molecule has 1 saturated carbocycles. The zero-order valence-corrected chi connectivity index (χ0v) is 9.98. The molecule has 3 heteroatoms. The topological polar surface area (TPSA) is 46.2 Å². The standard InChI is InChI=1S/C14H20FNO/c15-11-7-5-10(6-8-11)13(9-16)12-3-1-2-4-14(12)17/h5-8,12-14,17H,1-4,9,16H2/t12-,13+,14-/m1/s1. The van der Waals surface area contributed by atoms with Crippen molar-refractivity contribution in [1.82, 2.24) is 0 Å². The molecule has 0 spiro atoms. The van der Waals surface area contributed by atoms with Crippen LogP contribution in [0.15, 0.2) is 24.3 Å². The molecule has 0 bridgehead atoms. The number of hydrogen-bond acceptors (Lipinski definition) is 2. The fourth-order valence-corrected chi connectivity index (χ4v) is 2.88. The first-order chi connectivity index (χ1) is 8.22. The van der Waals surface area contributed by atoms with Crippen LogP contribution in [0.1, 0.15) is 37.2 Å². The van der Waals surface area contributed by atoms with Crippen molar-refractivity contribution in [1.29, 1.82) is 0 Å². The summed E-state index contributed by atoms with van der Waals surface area (Å²) in [5, 5.41) is 10.1. The molecule has 2 rings (SSSR count). The fourth-order valence-electron chi connectivity index (χ4n) is 2.88. The van der Waals surface area contributed by atoms with E-state index in [9.17, 15) is 9.50 Å². The van der Waals surface area contributed by atoms with Gasteiger partial charge < -0.3 is 10.8 Å². The van der Waals surface area contributed by atoms with Crippen LogP contribution in [0.3, 0.4) is 0 Å². The number of halogens is 1. The van der Waals surface area contributed by atoms with Gasteiger partial charge in [0.1, 0.15) is 5.82 Å². The molecule has 1 aromatic carbocycles. The van der Waals surface area contributed by atoms with Gasteiger partial charge in [-0.2, -0.15) is 0 Å². The number of nitrogens with two attached hydrogens (primary N) is 1. The second-order valence-corrected chi connectivity index (χ2v) is 4.91. The lowest BCUT2D eigenvalue weighted by Crippen LogP contribution is -2.33. The summed E-state index contributed by atoms with van der Waals surface area (Å²) in [6.07, 6.45) is 3.86. The van der Waals surface area contributed by atoms with Gasteiger partial charge in [-0.3, -0.25) is 0 Å². The van der Waals surface area contributed by atoms with Crippen LogP contribution in [0.4, 0.5) is 4.39 Å². The maximum atomic E-state index is 12.9. The van der Waals surface area contributed by atoms with E-state index in [-0.39, 0.29) is 23.8 Å². The van der Waals surface area contributed by atoms with Gasteiger partial charge >= 0.3 is 0 Å². The van der Waals surface area contributed by atoms with Crippen molar-refractivity contribution < 1.29 is 9.50 Å². The Bertz CT molecular complexity index is 352. The van der Waals surface area contributed by atoms with E-state index in [0.717, 1.165) is 31.2 Å². The molecular formula is C14H20FNO. The highest BCUT2D eigenvalue weighted by Crippen LogP contribution is 2.35. The average Bonchev–Trinajstić information content (AvgIpc) is 2.35. The van der Waals surface area contributed by atoms with Crippen molar-refractivity contribution in [3.05, 3.63) is 35.6 Å². The minimum absolute atomic E-state index is 0.144. The number of benzene rings is 1. The molecule has 1 fully saturated rings. The second kappa shape index (κ2) is 5.61. The molecule has 0 saturated heterocycles. The maximum Gasteiger partial charge on any atom is 0.123 e. The van der Waals surface area contributed by atoms with E-state index < -0.39 is 0 Å². The Morgan fingerprint density at radius 2 is 1.88 bits per heavy atom. The average molecular weight is 237 g/mol. The second-order valence-electron chi connectivity index (χ2n) is 4.91. The van der Waals surface area contributed by atoms with Gasteiger partial charge in [0.25, 0.3) is 0 Å². The summed E-state index contributed by atoms with van der Waals surface area (Å²) in [4.78, 5) is 0. The van der Waals surface area contributed by atoms with Crippen LogP contribution in [0.25, 0.3) is 0 Å². The van der Waals surface area contributed by atoms with Gasteiger partial charge in [-0.15, -0.1) is 0 Å². The summed E-state index contributed by atoms with van der Waals surface area (Å²) >= 11 is 0. The first-order valence-electron chi connectivity index (χ1n) is 6.36. The smallest absolute Gasteiger partial charge is 0.123 e. The van der Waals surface area contributed by atoms with Crippen LogP contribution < -0.4 is 5.73 Å². The minimum Gasteiger partial charge on any atom is -0.393 e. The van der Waals surface area contributed by atoms with Crippen molar-refractivity contribution in [2.45, 2.75) is 37.7 Å². The third-order valence-corrected chi connectivity index (χ3v) is 3.85. The summed E-state index contributed by atoms with van der Waals surface area (Å²) in [7, 11) is 0. The van der Waals surface area contributed by atoms with Crippen molar-refractivity contribution >= 4 is 0 Å². The Labute approximate surface area is 102 Å². The van der Waals surface area contributed by atoms with Crippen LogP contribution in [0, 0.1) is 11.7 Å². The number of aliphatic hydroxyl groups is 1. The zero-order valence-electron chi connectivity index (χ0n) is 9.98. The highest BCUT2D eigenvalue weighted by molar-refractivity contribution is 5.22. The molecule has 2 nitrogen and oxygen atoms in total. The summed E-state index contributed by atoms with van der Waals surface area (Å²) in [5.74, 6) is 0.138. The van der Waals surface area contributed by atoms with Crippen molar-refractivity contribution in [2.24, 2.45) is 11.7 Å². The lowest BCUT2D eigenvalue weighted by molar-refractivity contribution is 0.0561. The van der Waals surface area contributed by atoms with Gasteiger partial charge in [0, 0.05) is 5.92 Å². The summed E-state index contributed by atoms with van der Waals surface area (Å²) in [6.45, 7) is 0.507. The van der Waals surface area contributed by atoms with Crippen LogP contribution in [0.5, 0.6) is 0 Å². The van der Waals surface area contributed by atoms with Crippen molar-refractivity contribution in [3.8, 4) is 0 Å². The molecule has 0 aliphatic heterocycles. The molecule has 0 amide bonds. The van der Waals surface area contributed by atoms with E-state index in [1.807, 2.05) is 0 Å². The summed E-state index contributed by atoms with van der Waals surface area (Å²) < 4.78 is 12.9. The molecule has 3 N–H and O–H groups in total. The fraction of sp³-hybridized carbons (Fsp3) is 0.571. The monoisotopic (exact) mass is 237 g/mol. The van der Waals surface area contributed by atoms with Gasteiger partial charge in [-0.25, -0.2) is 4.39 Å². The van der Waals surface area contributed by atoms with E-state index in [1.54, 1.807) is 12.1 Å². The van der Waals surface area contributed by atoms with E-state index in [4.69, 9.17) is 5.73 Å². The van der Waals surface area contributed by atoms with E-state index in [0.29, 0.717) is 6.54 Å². The number of rotatable bonds is 3. The molecule has 94 valence electrons. The number of hydrogen-bond donors (Lipinski definition) is 2. The molecule has 1 aliphatic rings. The van der Waals surface area contributed by atoms with Gasteiger partial charge in [0.15, 0.2) is 0 Å². The minimum atomic E-state index is -0.262. The highest BCUT2D eigenvalue weighted by atomic mass is 19.1. The van der Waals surface area contributed by atoms with Gasteiger partial charge in [-0.1, -0.05) is 25.0 Å². The summed E-state index contributed by atoms with van der Waals surface area (Å²) in [6, 6.07) is 6.50. The molecule has 0 aromatic heterocycles. The van der Waals surface area contributed by atoms with Gasteiger partial charge in [0.2, 0.25) is 0 Å². The number of aliphatic hydroxyl groups excluding tert-OH is 1. The molecule has 1 aliphatic carbocycles. The zero-order chi connectivity index (χ0) is 12.3. The first kappa shape index (κ1) is 12.5. The van der Waals surface area contributed by atoms with Crippen LogP contribution >= 0.6 is 0 Å². The highest BCUT2D eigenvalue weighted by Gasteiger charge is 2.30. The van der Waals surface area contributed by atoms with Gasteiger partial charge in [-0.05, 0) is 43.0 Å². The molecule has 0 heterocycles. The van der Waals surface area contributed by atoms with Crippen LogP contribution in [-0.4, -0.2) is 17.8 Å². The molecule has 17 heavy (non-hydrogen) atoms. The van der Waals surface area contributed by atoms with Gasteiger partial charge in [0.05, 0.1) is 6.10 Å². The molecule has 3 atom stereocenters. The van der Waals surface area contributed by atoms with Crippen molar-refractivity contribution in [3.63, 3.8) is 0 Å². The maximum absolute atomic E-state index is 12.9. The first-order valence-corrected chi connectivity index (χ1v) is 6.36. The molecule has 0 unspecified atom stereocenters. The van der Waals surface area contributed by atoms with E-state index in [2.05, 4.69) is 0 Å². The Hall–Kier alpha value is -0.930. The molecular weight excluding hydrogens is 217 g/mol. The lowest BCUT2D eigenvalue weighted by atomic mass is 9.75. The summed E-state index contributed by atoms with van der Waals surface area (Å²) in [5.41, 5.74) is 6.87. The van der Waals surface area contributed by atoms with Crippen LogP contribution in [0.2, 0.25) is 0 Å². The van der Waals surface area contributed by atoms with Crippen LogP contribution in [-0.2, 0) is 0 Å². The molecule has 1 aromatic rings. The Kier molecular flexibility index (Phi) is 4.13. The quantitative estimate of drug-likeness (QED) is 0.848. The Morgan fingerprint density at radius 1 is 1.24 bits per heavy atom.